The summed E-state index contributed by atoms with van der Waals surface area (Å²) in [5.41, 5.74) is 1.25. The van der Waals surface area contributed by atoms with E-state index in [0.717, 1.165) is 12.0 Å². The van der Waals surface area contributed by atoms with Gasteiger partial charge in [-0.2, -0.15) is 0 Å². The monoisotopic (exact) mass is 180 g/mol. The molecule has 0 aromatic rings. The van der Waals surface area contributed by atoms with Crippen LogP contribution in [0.5, 0.6) is 0 Å². The van der Waals surface area contributed by atoms with Crippen molar-refractivity contribution in [1.29, 1.82) is 0 Å². The molecule has 0 heterocycles. The summed E-state index contributed by atoms with van der Waals surface area (Å²) in [5.74, 6) is -0.158. The van der Waals surface area contributed by atoms with Crippen LogP contribution in [0.1, 0.15) is 26.7 Å². The molecule has 0 amide bonds. The first-order valence-electron chi connectivity index (χ1n) is 4.49. The maximum absolute atomic E-state index is 11.1. The van der Waals surface area contributed by atoms with Crippen LogP contribution in [0.25, 0.3) is 0 Å². The largest absolute Gasteiger partial charge is 0.469 e. The lowest BCUT2D eigenvalue weighted by Crippen LogP contribution is -2.19. The van der Waals surface area contributed by atoms with Crippen molar-refractivity contribution in [3.63, 3.8) is 0 Å². The first-order chi connectivity index (χ1) is 6.06. The molecule has 1 aliphatic rings. The molecule has 0 unspecified atom stereocenters. The Labute approximate surface area is 79.3 Å². The molecule has 0 aromatic carbocycles. The van der Waals surface area contributed by atoms with Crippen molar-refractivity contribution < 1.29 is 9.53 Å². The standard InChI is InChI=1S/C11H16O2/c1-11(2)7-5-4-6-9(11)8-10(12)13-3/h4-6H,7-8H2,1-3H3. The number of hydrogen-bond donors (Lipinski definition) is 0. The Morgan fingerprint density at radius 3 is 2.85 bits per heavy atom. The number of ether oxygens (including phenoxy) is 1. The van der Waals surface area contributed by atoms with Gasteiger partial charge in [0.1, 0.15) is 0 Å². The van der Waals surface area contributed by atoms with Crippen LogP contribution >= 0.6 is 0 Å². The predicted molar refractivity (Wildman–Crippen MR) is 52.3 cm³/mol. The molecule has 13 heavy (non-hydrogen) atoms. The molecule has 0 aliphatic heterocycles. The smallest absolute Gasteiger partial charge is 0.309 e. The Morgan fingerprint density at radius 1 is 1.62 bits per heavy atom. The summed E-state index contributed by atoms with van der Waals surface area (Å²) in [4.78, 5) is 11.1. The molecule has 0 bridgehead atoms. The van der Waals surface area contributed by atoms with Crippen molar-refractivity contribution in [2.24, 2.45) is 5.41 Å². The molecule has 0 spiro atoms. The maximum atomic E-state index is 11.1. The Hall–Kier alpha value is -1.05. The fraction of sp³-hybridized carbons (Fsp3) is 0.545. The van der Waals surface area contributed by atoms with Gasteiger partial charge < -0.3 is 4.74 Å². The molecule has 0 N–H and O–H groups in total. The number of methoxy groups -OCH3 is 1. The van der Waals surface area contributed by atoms with E-state index >= 15 is 0 Å². The third-order valence-corrected chi connectivity index (χ3v) is 2.49. The van der Waals surface area contributed by atoms with Gasteiger partial charge in [-0.25, -0.2) is 0 Å². The van der Waals surface area contributed by atoms with Gasteiger partial charge in [0.05, 0.1) is 13.5 Å². The number of carbonyl (C=O) groups excluding carboxylic acids is 1. The van der Waals surface area contributed by atoms with Crippen LogP contribution in [-0.2, 0) is 9.53 Å². The van der Waals surface area contributed by atoms with Crippen molar-refractivity contribution in [3.8, 4) is 0 Å². The first-order valence-corrected chi connectivity index (χ1v) is 4.49. The minimum atomic E-state index is -0.158. The Morgan fingerprint density at radius 2 is 2.31 bits per heavy atom. The lowest BCUT2D eigenvalue weighted by molar-refractivity contribution is -0.140. The molecular formula is C11H16O2. The second kappa shape index (κ2) is 3.77. The number of allylic oxidation sites excluding steroid dienone is 3. The average molecular weight is 180 g/mol. The Bertz CT molecular complexity index is 259. The van der Waals surface area contributed by atoms with Crippen molar-refractivity contribution in [1.82, 2.24) is 0 Å². The Balaban J connectivity index is 2.71. The zero-order chi connectivity index (χ0) is 9.90. The molecule has 1 rings (SSSR count). The fourth-order valence-electron chi connectivity index (χ4n) is 1.43. The molecule has 0 fully saturated rings. The van der Waals surface area contributed by atoms with Crippen LogP contribution in [0.15, 0.2) is 23.8 Å². The lowest BCUT2D eigenvalue weighted by Gasteiger charge is -2.28. The van der Waals surface area contributed by atoms with Gasteiger partial charge in [0, 0.05) is 0 Å². The minimum Gasteiger partial charge on any atom is -0.469 e. The summed E-state index contributed by atoms with van der Waals surface area (Å²) in [6.07, 6.45) is 7.55. The van der Waals surface area contributed by atoms with Crippen LogP contribution in [-0.4, -0.2) is 13.1 Å². The van der Waals surface area contributed by atoms with Gasteiger partial charge in [-0.3, -0.25) is 4.79 Å². The van der Waals surface area contributed by atoms with E-state index in [1.54, 1.807) is 0 Å². The molecule has 72 valence electrons. The molecule has 0 aromatic heterocycles. The average Bonchev–Trinajstić information content (AvgIpc) is 2.08. The highest BCUT2D eigenvalue weighted by molar-refractivity contribution is 5.72. The molecule has 0 saturated heterocycles. The molecule has 2 heteroatoms. The maximum Gasteiger partial charge on any atom is 0.309 e. The number of esters is 1. The Kier molecular flexibility index (Phi) is 2.91. The zero-order valence-corrected chi connectivity index (χ0v) is 8.46. The zero-order valence-electron chi connectivity index (χ0n) is 8.46. The van der Waals surface area contributed by atoms with Crippen LogP contribution in [0.2, 0.25) is 0 Å². The van der Waals surface area contributed by atoms with Crippen LogP contribution in [0, 0.1) is 5.41 Å². The normalized spacial score (nSPS) is 19.5. The topological polar surface area (TPSA) is 26.3 Å². The van der Waals surface area contributed by atoms with E-state index in [4.69, 9.17) is 0 Å². The van der Waals surface area contributed by atoms with E-state index in [2.05, 4.69) is 24.7 Å². The van der Waals surface area contributed by atoms with E-state index in [-0.39, 0.29) is 11.4 Å². The van der Waals surface area contributed by atoms with E-state index in [1.165, 1.54) is 7.11 Å². The second-order valence-corrected chi connectivity index (χ2v) is 3.96. The van der Waals surface area contributed by atoms with Crippen LogP contribution < -0.4 is 0 Å². The lowest BCUT2D eigenvalue weighted by atomic mass is 9.77. The summed E-state index contributed by atoms with van der Waals surface area (Å²) in [5, 5.41) is 0. The van der Waals surface area contributed by atoms with Gasteiger partial charge in [-0.1, -0.05) is 37.6 Å². The van der Waals surface area contributed by atoms with E-state index in [0.29, 0.717) is 6.42 Å². The van der Waals surface area contributed by atoms with Crippen LogP contribution in [0.4, 0.5) is 0 Å². The number of rotatable bonds is 2. The van der Waals surface area contributed by atoms with Gasteiger partial charge in [0.15, 0.2) is 0 Å². The van der Waals surface area contributed by atoms with Gasteiger partial charge in [-0.15, -0.1) is 0 Å². The van der Waals surface area contributed by atoms with Gasteiger partial charge in [0.25, 0.3) is 0 Å². The summed E-state index contributed by atoms with van der Waals surface area (Å²) in [7, 11) is 1.43. The fourth-order valence-corrected chi connectivity index (χ4v) is 1.43. The predicted octanol–water partition coefficient (Wildman–Crippen LogP) is 2.46. The third-order valence-electron chi connectivity index (χ3n) is 2.49. The van der Waals surface area contributed by atoms with Gasteiger partial charge in [0.2, 0.25) is 0 Å². The summed E-state index contributed by atoms with van der Waals surface area (Å²) in [6.45, 7) is 4.29. The second-order valence-electron chi connectivity index (χ2n) is 3.96. The van der Waals surface area contributed by atoms with E-state index < -0.39 is 0 Å². The summed E-state index contributed by atoms with van der Waals surface area (Å²) < 4.78 is 4.64. The quantitative estimate of drug-likeness (QED) is 0.610. The highest BCUT2D eigenvalue weighted by atomic mass is 16.5. The van der Waals surface area contributed by atoms with E-state index in [1.807, 2.05) is 12.2 Å². The van der Waals surface area contributed by atoms with Crippen molar-refractivity contribution in [3.05, 3.63) is 23.8 Å². The van der Waals surface area contributed by atoms with Crippen molar-refractivity contribution >= 4 is 5.97 Å². The molecule has 2 nitrogen and oxygen atoms in total. The molecule has 0 radical (unpaired) electrons. The first kappa shape index (κ1) is 10.0. The van der Waals surface area contributed by atoms with Crippen molar-refractivity contribution in [2.75, 3.05) is 7.11 Å². The molecular weight excluding hydrogens is 164 g/mol. The van der Waals surface area contributed by atoms with Gasteiger partial charge in [-0.05, 0) is 11.8 Å². The highest BCUT2D eigenvalue weighted by Crippen LogP contribution is 2.35. The third kappa shape index (κ3) is 2.44. The number of hydrogen-bond acceptors (Lipinski definition) is 2. The molecule has 1 aliphatic carbocycles. The summed E-state index contributed by atoms with van der Waals surface area (Å²) >= 11 is 0. The van der Waals surface area contributed by atoms with Crippen molar-refractivity contribution in [2.45, 2.75) is 26.7 Å². The SMILES string of the molecule is COC(=O)CC1=CC=CCC1(C)C. The van der Waals surface area contributed by atoms with E-state index in [9.17, 15) is 4.79 Å². The molecule has 0 saturated carbocycles. The summed E-state index contributed by atoms with van der Waals surface area (Å²) in [6, 6.07) is 0. The highest BCUT2D eigenvalue weighted by Gasteiger charge is 2.25. The molecule has 0 atom stereocenters. The minimum absolute atomic E-state index is 0.100. The van der Waals surface area contributed by atoms with Crippen LogP contribution in [0.3, 0.4) is 0 Å². The number of carbonyl (C=O) groups is 1. The van der Waals surface area contributed by atoms with Gasteiger partial charge >= 0.3 is 5.97 Å².